The first kappa shape index (κ1) is 15.5. The molecule has 0 amide bonds. The van der Waals surface area contributed by atoms with Crippen molar-refractivity contribution in [2.45, 2.75) is 0 Å². The Morgan fingerprint density at radius 3 is 2.14 bits per heavy atom. The molecule has 0 aliphatic rings. The molecule has 0 unspecified atom stereocenters. The minimum absolute atomic E-state index is 0.542. The van der Waals surface area contributed by atoms with E-state index in [2.05, 4.69) is 6.07 Å². The third-order valence-corrected chi connectivity index (χ3v) is 3.26. The van der Waals surface area contributed by atoms with Crippen LogP contribution < -0.4 is 14.2 Å². The molecule has 112 valence electrons. The standard InChI is InChI=1S/C18H17NO3/c1-20-16-11-10-14(17(21-2)18(16)22-3)9-8-13-6-4-5-7-15(13)12-19/h4-11H,1-3H3/b9-8+. The quantitative estimate of drug-likeness (QED) is 0.788. The highest BCUT2D eigenvalue weighted by Crippen LogP contribution is 2.40. The van der Waals surface area contributed by atoms with Crippen molar-refractivity contribution in [2.75, 3.05) is 21.3 Å². The second kappa shape index (κ2) is 7.19. The normalized spacial score (nSPS) is 10.3. The lowest BCUT2D eigenvalue weighted by molar-refractivity contribution is 0.324. The zero-order chi connectivity index (χ0) is 15.9. The van der Waals surface area contributed by atoms with Gasteiger partial charge in [0.25, 0.3) is 0 Å². The van der Waals surface area contributed by atoms with Crippen molar-refractivity contribution >= 4 is 12.2 Å². The maximum Gasteiger partial charge on any atom is 0.203 e. The number of methoxy groups -OCH3 is 3. The van der Waals surface area contributed by atoms with E-state index in [9.17, 15) is 0 Å². The summed E-state index contributed by atoms with van der Waals surface area (Å²) >= 11 is 0. The Morgan fingerprint density at radius 1 is 0.818 bits per heavy atom. The number of hydrogen-bond acceptors (Lipinski definition) is 4. The summed E-state index contributed by atoms with van der Waals surface area (Å²) in [5, 5.41) is 9.12. The van der Waals surface area contributed by atoms with Gasteiger partial charge in [-0.15, -0.1) is 0 Å². The smallest absolute Gasteiger partial charge is 0.203 e. The zero-order valence-corrected chi connectivity index (χ0v) is 12.8. The van der Waals surface area contributed by atoms with Crippen LogP contribution in [0.15, 0.2) is 36.4 Å². The van der Waals surface area contributed by atoms with E-state index in [-0.39, 0.29) is 0 Å². The Balaban J connectivity index is 2.45. The summed E-state index contributed by atoms with van der Waals surface area (Å²) in [4.78, 5) is 0. The van der Waals surface area contributed by atoms with E-state index in [4.69, 9.17) is 19.5 Å². The summed E-state index contributed by atoms with van der Waals surface area (Å²) in [7, 11) is 4.73. The fraction of sp³-hybridized carbons (Fsp3) is 0.167. The largest absolute Gasteiger partial charge is 0.493 e. The lowest BCUT2D eigenvalue weighted by Crippen LogP contribution is -1.96. The molecule has 4 nitrogen and oxygen atoms in total. The lowest BCUT2D eigenvalue weighted by Gasteiger charge is -2.14. The molecule has 2 aromatic carbocycles. The van der Waals surface area contributed by atoms with Gasteiger partial charge < -0.3 is 14.2 Å². The highest BCUT2D eigenvalue weighted by Gasteiger charge is 2.14. The Hall–Kier alpha value is -2.93. The van der Waals surface area contributed by atoms with Crippen LogP contribution in [0.25, 0.3) is 12.2 Å². The molecule has 4 heteroatoms. The Kier molecular flexibility index (Phi) is 5.05. The van der Waals surface area contributed by atoms with Crippen LogP contribution >= 0.6 is 0 Å². The van der Waals surface area contributed by atoms with Crippen molar-refractivity contribution in [3.8, 4) is 23.3 Å². The summed E-state index contributed by atoms with van der Waals surface area (Å²) < 4.78 is 16.1. The van der Waals surface area contributed by atoms with Crippen LogP contribution in [0.2, 0.25) is 0 Å². The second-order valence-corrected chi connectivity index (χ2v) is 4.46. The molecule has 0 aromatic heterocycles. The molecule has 0 bridgehead atoms. The van der Waals surface area contributed by atoms with Crippen molar-refractivity contribution in [1.82, 2.24) is 0 Å². The van der Waals surface area contributed by atoms with Crippen LogP contribution in [-0.4, -0.2) is 21.3 Å². The van der Waals surface area contributed by atoms with Crippen molar-refractivity contribution in [1.29, 1.82) is 5.26 Å². The first-order valence-electron chi connectivity index (χ1n) is 6.71. The van der Waals surface area contributed by atoms with Gasteiger partial charge in [0, 0.05) is 5.56 Å². The van der Waals surface area contributed by atoms with E-state index in [0.717, 1.165) is 11.1 Å². The zero-order valence-electron chi connectivity index (χ0n) is 12.8. The van der Waals surface area contributed by atoms with Gasteiger partial charge in [0.15, 0.2) is 11.5 Å². The van der Waals surface area contributed by atoms with Gasteiger partial charge >= 0.3 is 0 Å². The summed E-state index contributed by atoms with van der Waals surface area (Å²) in [6, 6.07) is 13.3. The van der Waals surface area contributed by atoms with E-state index in [1.807, 2.05) is 42.5 Å². The van der Waals surface area contributed by atoms with Gasteiger partial charge in [0.1, 0.15) is 0 Å². The van der Waals surface area contributed by atoms with E-state index < -0.39 is 0 Å². The van der Waals surface area contributed by atoms with Gasteiger partial charge in [-0.3, -0.25) is 0 Å². The van der Waals surface area contributed by atoms with E-state index >= 15 is 0 Å². The number of nitrogens with zero attached hydrogens (tertiary/aromatic N) is 1. The van der Waals surface area contributed by atoms with E-state index in [0.29, 0.717) is 22.8 Å². The number of ether oxygens (including phenoxy) is 3. The summed E-state index contributed by atoms with van der Waals surface area (Å²) in [6.07, 6.45) is 3.76. The minimum Gasteiger partial charge on any atom is -0.493 e. The summed E-state index contributed by atoms with van der Waals surface area (Å²) in [5.41, 5.74) is 2.31. The van der Waals surface area contributed by atoms with Gasteiger partial charge in [0.2, 0.25) is 5.75 Å². The molecule has 0 aliphatic carbocycles. The molecule has 0 heterocycles. The molecule has 0 spiro atoms. The molecule has 0 fully saturated rings. The predicted molar refractivity (Wildman–Crippen MR) is 86.2 cm³/mol. The highest BCUT2D eigenvalue weighted by atomic mass is 16.5. The van der Waals surface area contributed by atoms with Crippen LogP contribution in [0.1, 0.15) is 16.7 Å². The summed E-state index contributed by atoms with van der Waals surface area (Å²) in [5.74, 6) is 1.74. The van der Waals surface area contributed by atoms with Crippen molar-refractivity contribution in [3.05, 3.63) is 53.1 Å². The molecular formula is C18H17NO3. The average Bonchev–Trinajstić information content (AvgIpc) is 2.58. The summed E-state index contributed by atoms with van der Waals surface area (Å²) in [6.45, 7) is 0. The van der Waals surface area contributed by atoms with Crippen LogP contribution in [-0.2, 0) is 0 Å². The van der Waals surface area contributed by atoms with Gasteiger partial charge in [-0.1, -0.05) is 30.4 Å². The Morgan fingerprint density at radius 2 is 1.50 bits per heavy atom. The fourth-order valence-corrected chi connectivity index (χ4v) is 2.18. The molecule has 0 atom stereocenters. The van der Waals surface area contributed by atoms with E-state index in [1.54, 1.807) is 27.4 Å². The molecule has 22 heavy (non-hydrogen) atoms. The monoisotopic (exact) mass is 295 g/mol. The van der Waals surface area contributed by atoms with Gasteiger partial charge in [-0.05, 0) is 23.8 Å². The highest BCUT2D eigenvalue weighted by molar-refractivity contribution is 5.77. The SMILES string of the molecule is COc1ccc(/C=C/c2ccccc2C#N)c(OC)c1OC. The van der Waals surface area contributed by atoms with Gasteiger partial charge in [-0.25, -0.2) is 0 Å². The number of hydrogen-bond donors (Lipinski definition) is 0. The molecule has 0 saturated carbocycles. The topological polar surface area (TPSA) is 51.5 Å². The molecule has 0 radical (unpaired) electrons. The van der Waals surface area contributed by atoms with Crippen molar-refractivity contribution < 1.29 is 14.2 Å². The molecule has 0 N–H and O–H groups in total. The lowest BCUT2D eigenvalue weighted by atomic mass is 10.1. The molecule has 2 rings (SSSR count). The number of rotatable bonds is 5. The third-order valence-electron chi connectivity index (χ3n) is 3.26. The van der Waals surface area contributed by atoms with Crippen LogP contribution in [0, 0.1) is 11.3 Å². The molecule has 0 aliphatic heterocycles. The predicted octanol–water partition coefficient (Wildman–Crippen LogP) is 3.75. The van der Waals surface area contributed by atoms with Crippen LogP contribution in [0.4, 0.5) is 0 Å². The fourth-order valence-electron chi connectivity index (χ4n) is 2.18. The Labute approximate surface area is 130 Å². The first-order chi connectivity index (χ1) is 10.7. The first-order valence-corrected chi connectivity index (χ1v) is 6.71. The number of nitriles is 1. The minimum atomic E-state index is 0.542. The number of benzene rings is 2. The van der Waals surface area contributed by atoms with E-state index in [1.165, 1.54) is 0 Å². The van der Waals surface area contributed by atoms with Crippen molar-refractivity contribution in [2.24, 2.45) is 0 Å². The maximum absolute atomic E-state index is 9.12. The average molecular weight is 295 g/mol. The van der Waals surface area contributed by atoms with Crippen LogP contribution in [0.3, 0.4) is 0 Å². The Bertz CT molecular complexity index is 730. The van der Waals surface area contributed by atoms with Crippen molar-refractivity contribution in [3.63, 3.8) is 0 Å². The van der Waals surface area contributed by atoms with Gasteiger partial charge in [-0.2, -0.15) is 5.26 Å². The second-order valence-electron chi connectivity index (χ2n) is 4.46. The van der Waals surface area contributed by atoms with Gasteiger partial charge in [0.05, 0.1) is 33.0 Å². The molecule has 2 aromatic rings. The molecular weight excluding hydrogens is 278 g/mol. The third kappa shape index (κ3) is 3.04. The maximum atomic E-state index is 9.12. The molecule has 0 saturated heterocycles. The van der Waals surface area contributed by atoms with Crippen LogP contribution in [0.5, 0.6) is 17.2 Å².